The van der Waals surface area contributed by atoms with E-state index in [0.29, 0.717) is 0 Å². The number of aromatic nitrogens is 3. The summed E-state index contributed by atoms with van der Waals surface area (Å²) >= 11 is 3.47. The highest BCUT2D eigenvalue weighted by Crippen LogP contribution is 2.22. The van der Waals surface area contributed by atoms with E-state index in [1.165, 1.54) is 11.1 Å². The van der Waals surface area contributed by atoms with E-state index in [1.54, 1.807) is 6.20 Å². The Morgan fingerprint density at radius 1 is 1.42 bits per heavy atom. The molecule has 0 saturated carbocycles. The van der Waals surface area contributed by atoms with Crippen LogP contribution in [0.1, 0.15) is 29.8 Å². The topological polar surface area (TPSA) is 42.7 Å². The minimum Gasteiger partial charge on any atom is -0.310 e. The number of pyridine rings is 1. The van der Waals surface area contributed by atoms with Crippen molar-refractivity contribution >= 4 is 15.9 Å². The van der Waals surface area contributed by atoms with Crippen LogP contribution in [0.4, 0.5) is 0 Å². The predicted molar refractivity (Wildman–Crippen MR) is 80.0 cm³/mol. The Kier molecular flexibility index (Phi) is 4.71. The monoisotopic (exact) mass is 322 g/mol. The van der Waals surface area contributed by atoms with E-state index in [0.717, 1.165) is 23.1 Å². The zero-order chi connectivity index (χ0) is 13.8. The normalized spacial score (nSPS) is 12.6. The molecule has 0 aromatic carbocycles. The molecule has 4 nitrogen and oxygen atoms in total. The van der Waals surface area contributed by atoms with Crippen LogP contribution in [0.5, 0.6) is 0 Å². The fraction of sp³-hybridized carbons (Fsp3) is 0.429. The Bertz CT molecular complexity index is 550. The predicted octanol–water partition coefficient (Wildman–Crippen LogP) is 2.78. The zero-order valence-corrected chi connectivity index (χ0v) is 13.1. The van der Waals surface area contributed by atoms with Crippen LogP contribution in [0.15, 0.2) is 29.1 Å². The highest BCUT2D eigenvalue weighted by molar-refractivity contribution is 9.10. The summed E-state index contributed by atoms with van der Waals surface area (Å²) in [5.41, 5.74) is 3.55. The highest BCUT2D eigenvalue weighted by atomic mass is 79.9. The van der Waals surface area contributed by atoms with Crippen LogP contribution in [0.3, 0.4) is 0 Å². The molecular formula is C14H19BrN4. The third-order valence-electron chi connectivity index (χ3n) is 3.08. The lowest BCUT2D eigenvalue weighted by atomic mass is 10.0. The Morgan fingerprint density at radius 3 is 2.79 bits per heavy atom. The number of halogens is 1. The Labute approximate surface area is 122 Å². The molecule has 0 amide bonds. The number of nitrogens with one attached hydrogen (secondary N) is 1. The van der Waals surface area contributed by atoms with Gasteiger partial charge in [0.15, 0.2) is 0 Å². The number of hydrogen-bond donors (Lipinski definition) is 1. The van der Waals surface area contributed by atoms with Gasteiger partial charge in [0.25, 0.3) is 0 Å². The first-order valence-corrected chi connectivity index (χ1v) is 7.22. The van der Waals surface area contributed by atoms with E-state index in [4.69, 9.17) is 0 Å². The average molecular weight is 323 g/mol. The summed E-state index contributed by atoms with van der Waals surface area (Å²) in [6.45, 7) is 5.11. The maximum atomic E-state index is 4.43. The first kappa shape index (κ1) is 14.2. The molecule has 2 rings (SSSR count). The van der Waals surface area contributed by atoms with Crippen molar-refractivity contribution < 1.29 is 0 Å². The summed E-state index contributed by atoms with van der Waals surface area (Å²) < 4.78 is 2.89. The molecule has 0 aliphatic carbocycles. The van der Waals surface area contributed by atoms with Crippen LogP contribution in [-0.4, -0.2) is 21.3 Å². The third kappa shape index (κ3) is 3.64. The van der Waals surface area contributed by atoms with Gasteiger partial charge in [0.05, 0.1) is 5.69 Å². The number of likely N-dealkylation sites (N-methyl/N-ethyl adjacent to an activating group) is 1. The van der Waals surface area contributed by atoms with Crippen LogP contribution in [0, 0.1) is 6.92 Å². The van der Waals surface area contributed by atoms with Crippen molar-refractivity contribution in [3.05, 3.63) is 46.0 Å². The van der Waals surface area contributed by atoms with Gasteiger partial charge in [-0.15, -0.1) is 0 Å². The largest absolute Gasteiger partial charge is 0.310 e. The Morgan fingerprint density at radius 2 is 2.21 bits per heavy atom. The summed E-state index contributed by atoms with van der Waals surface area (Å²) in [5.74, 6) is 0. The molecule has 0 bridgehead atoms. The minimum absolute atomic E-state index is 0.273. The summed E-state index contributed by atoms with van der Waals surface area (Å²) in [6, 6.07) is 2.39. The first-order valence-electron chi connectivity index (χ1n) is 6.43. The highest BCUT2D eigenvalue weighted by Gasteiger charge is 2.16. The van der Waals surface area contributed by atoms with E-state index in [2.05, 4.69) is 57.4 Å². The lowest BCUT2D eigenvalue weighted by Gasteiger charge is -2.17. The molecule has 0 radical (unpaired) electrons. The Hall–Kier alpha value is -1.20. The molecule has 0 aliphatic heterocycles. The molecule has 0 saturated heterocycles. The van der Waals surface area contributed by atoms with Crippen LogP contribution in [0.25, 0.3) is 0 Å². The molecule has 19 heavy (non-hydrogen) atoms. The first-order chi connectivity index (χ1) is 9.10. The van der Waals surface area contributed by atoms with Gasteiger partial charge in [-0.1, -0.05) is 6.92 Å². The Balaban J connectivity index is 2.23. The van der Waals surface area contributed by atoms with E-state index >= 15 is 0 Å². The van der Waals surface area contributed by atoms with Crippen LogP contribution >= 0.6 is 15.9 Å². The molecule has 1 N–H and O–H groups in total. The van der Waals surface area contributed by atoms with E-state index in [-0.39, 0.29) is 6.04 Å². The molecule has 0 spiro atoms. The molecule has 102 valence electrons. The van der Waals surface area contributed by atoms with Gasteiger partial charge in [0.1, 0.15) is 0 Å². The van der Waals surface area contributed by atoms with Gasteiger partial charge in [-0.25, -0.2) is 0 Å². The second kappa shape index (κ2) is 6.30. The number of aryl methyl sites for hydroxylation is 2. The summed E-state index contributed by atoms with van der Waals surface area (Å²) in [7, 11) is 1.96. The molecule has 5 heteroatoms. The second-order valence-corrected chi connectivity index (χ2v) is 5.58. The SMILES string of the molecule is CCNC(Cc1cncc(Br)c1)c1cn(C)nc1C. The quantitative estimate of drug-likeness (QED) is 0.920. The molecule has 0 fully saturated rings. The number of rotatable bonds is 5. The summed E-state index contributed by atoms with van der Waals surface area (Å²) in [6.07, 6.45) is 6.72. The van der Waals surface area contributed by atoms with Crippen molar-refractivity contribution in [2.75, 3.05) is 6.54 Å². The summed E-state index contributed by atoms with van der Waals surface area (Å²) in [4.78, 5) is 4.22. The van der Waals surface area contributed by atoms with Crippen molar-refractivity contribution in [2.24, 2.45) is 7.05 Å². The molecule has 2 aromatic heterocycles. The van der Waals surface area contributed by atoms with Gasteiger partial charge >= 0.3 is 0 Å². The maximum absolute atomic E-state index is 4.43. The van der Waals surface area contributed by atoms with E-state index in [1.807, 2.05) is 17.9 Å². The molecule has 1 unspecified atom stereocenters. The van der Waals surface area contributed by atoms with Crippen molar-refractivity contribution in [2.45, 2.75) is 26.3 Å². The standard InChI is InChI=1S/C14H19BrN4/c1-4-17-14(13-9-19(3)18-10(13)2)6-11-5-12(15)8-16-7-11/h5,7-9,14,17H,4,6H2,1-3H3. The van der Waals surface area contributed by atoms with Crippen molar-refractivity contribution in [1.82, 2.24) is 20.1 Å². The summed E-state index contributed by atoms with van der Waals surface area (Å²) in [5, 5.41) is 7.95. The van der Waals surface area contributed by atoms with Crippen molar-refractivity contribution in [1.29, 1.82) is 0 Å². The van der Waals surface area contributed by atoms with Gasteiger partial charge in [0.2, 0.25) is 0 Å². The lowest BCUT2D eigenvalue weighted by molar-refractivity contribution is 0.546. The molecular weight excluding hydrogens is 304 g/mol. The van der Waals surface area contributed by atoms with E-state index < -0.39 is 0 Å². The van der Waals surface area contributed by atoms with Gasteiger partial charge in [-0.2, -0.15) is 5.10 Å². The number of nitrogens with zero attached hydrogens (tertiary/aromatic N) is 3. The lowest BCUT2D eigenvalue weighted by Crippen LogP contribution is -2.23. The zero-order valence-electron chi connectivity index (χ0n) is 11.5. The molecule has 2 aromatic rings. The third-order valence-corrected chi connectivity index (χ3v) is 3.51. The minimum atomic E-state index is 0.273. The van der Waals surface area contributed by atoms with Gasteiger partial charge in [0, 0.05) is 41.7 Å². The fourth-order valence-corrected chi connectivity index (χ4v) is 2.71. The second-order valence-electron chi connectivity index (χ2n) is 4.67. The van der Waals surface area contributed by atoms with Gasteiger partial charge in [-0.05, 0) is 47.4 Å². The smallest absolute Gasteiger partial charge is 0.0641 e. The molecule has 0 aliphatic rings. The van der Waals surface area contributed by atoms with Crippen molar-refractivity contribution in [3.63, 3.8) is 0 Å². The van der Waals surface area contributed by atoms with Crippen LogP contribution in [0.2, 0.25) is 0 Å². The van der Waals surface area contributed by atoms with Crippen molar-refractivity contribution in [3.8, 4) is 0 Å². The van der Waals surface area contributed by atoms with Crippen LogP contribution in [-0.2, 0) is 13.5 Å². The molecule has 2 heterocycles. The average Bonchev–Trinajstić information content (AvgIpc) is 2.68. The van der Waals surface area contributed by atoms with Gasteiger partial charge in [-0.3, -0.25) is 9.67 Å². The van der Waals surface area contributed by atoms with Gasteiger partial charge < -0.3 is 5.32 Å². The fourth-order valence-electron chi connectivity index (χ4n) is 2.30. The molecule has 1 atom stereocenters. The van der Waals surface area contributed by atoms with E-state index in [9.17, 15) is 0 Å². The maximum Gasteiger partial charge on any atom is 0.0641 e. The number of hydrogen-bond acceptors (Lipinski definition) is 3. The van der Waals surface area contributed by atoms with Crippen LogP contribution < -0.4 is 5.32 Å².